The molecule has 0 aliphatic heterocycles. The number of nitrogens with one attached hydrogen (secondary N) is 2. The van der Waals surface area contributed by atoms with Crippen molar-refractivity contribution in [2.45, 2.75) is 12.5 Å². The van der Waals surface area contributed by atoms with Crippen LogP contribution < -0.4 is 10.9 Å². The Morgan fingerprint density at radius 3 is 2.55 bits per heavy atom. The first kappa shape index (κ1) is 14.0. The fraction of sp³-hybridized carbons (Fsp3) is 0.200. The van der Waals surface area contributed by atoms with Gasteiger partial charge >= 0.3 is 0 Å². The first-order valence-corrected chi connectivity index (χ1v) is 6.33. The van der Waals surface area contributed by atoms with Crippen LogP contribution in [0.3, 0.4) is 0 Å². The number of amides is 1. The SMILES string of the molecule is O=C(N[C@@H](CO)Cc1ccccc1)c1ccc(=O)[nH]c1. The zero-order chi connectivity index (χ0) is 14.4. The third-order valence-corrected chi connectivity index (χ3v) is 2.93. The van der Waals surface area contributed by atoms with E-state index in [9.17, 15) is 14.7 Å². The lowest BCUT2D eigenvalue weighted by molar-refractivity contribution is 0.0916. The van der Waals surface area contributed by atoms with E-state index in [1.807, 2.05) is 30.3 Å². The van der Waals surface area contributed by atoms with Gasteiger partial charge in [0.2, 0.25) is 5.56 Å². The molecule has 0 fully saturated rings. The van der Waals surface area contributed by atoms with Crippen molar-refractivity contribution >= 4 is 5.91 Å². The van der Waals surface area contributed by atoms with Crippen LogP contribution in [0.2, 0.25) is 0 Å². The Morgan fingerprint density at radius 2 is 1.95 bits per heavy atom. The predicted molar refractivity (Wildman–Crippen MR) is 75.5 cm³/mol. The van der Waals surface area contributed by atoms with Crippen molar-refractivity contribution < 1.29 is 9.90 Å². The van der Waals surface area contributed by atoms with E-state index in [2.05, 4.69) is 10.3 Å². The summed E-state index contributed by atoms with van der Waals surface area (Å²) in [6.07, 6.45) is 1.90. The molecule has 3 N–H and O–H groups in total. The minimum Gasteiger partial charge on any atom is -0.394 e. The number of hydrogen-bond donors (Lipinski definition) is 3. The van der Waals surface area contributed by atoms with Crippen LogP contribution >= 0.6 is 0 Å². The van der Waals surface area contributed by atoms with Gasteiger partial charge in [-0.2, -0.15) is 0 Å². The van der Waals surface area contributed by atoms with Crippen LogP contribution in [0.1, 0.15) is 15.9 Å². The summed E-state index contributed by atoms with van der Waals surface area (Å²) in [5.74, 6) is -0.323. The number of carbonyl (C=O) groups is 1. The molecule has 1 aromatic carbocycles. The molecule has 1 heterocycles. The molecule has 104 valence electrons. The van der Waals surface area contributed by atoms with Crippen molar-refractivity contribution in [2.24, 2.45) is 0 Å². The van der Waals surface area contributed by atoms with Crippen molar-refractivity contribution in [1.29, 1.82) is 0 Å². The first-order valence-electron chi connectivity index (χ1n) is 6.33. The fourth-order valence-corrected chi connectivity index (χ4v) is 1.88. The molecular weight excluding hydrogens is 256 g/mol. The van der Waals surface area contributed by atoms with Gasteiger partial charge < -0.3 is 15.4 Å². The van der Waals surface area contributed by atoms with Gasteiger partial charge in [0.05, 0.1) is 18.2 Å². The molecule has 0 saturated carbocycles. The third-order valence-electron chi connectivity index (χ3n) is 2.93. The molecule has 0 saturated heterocycles. The van der Waals surface area contributed by atoms with E-state index >= 15 is 0 Å². The van der Waals surface area contributed by atoms with Crippen molar-refractivity contribution in [3.8, 4) is 0 Å². The Hall–Kier alpha value is -2.40. The van der Waals surface area contributed by atoms with Gasteiger partial charge in [-0.25, -0.2) is 0 Å². The average Bonchev–Trinajstić information content (AvgIpc) is 2.48. The highest BCUT2D eigenvalue weighted by molar-refractivity contribution is 5.94. The second-order valence-corrected chi connectivity index (χ2v) is 4.48. The van der Waals surface area contributed by atoms with Crippen LogP contribution in [0.4, 0.5) is 0 Å². The van der Waals surface area contributed by atoms with Gasteiger partial charge in [0.1, 0.15) is 0 Å². The summed E-state index contributed by atoms with van der Waals surface area (Å²) in [7, 11) is 0. The summed E-state index contributed by atoms with van der Waals surface area (Å²) in [5, 5.41) is 12.1. The van der Waals surface area contributed by atoms with E-state index in [-0.39, 0.29) is 24.1 Å². The van der Waals surface area contributed by atoms with E-state index < -0.39 is 0 Å². The number of aliphatic hydroxyl groups is 1. The Kier molecular flexibility index (Phi) is 4.68. The molecule has 0 aliphatic carbocycles. The number of rotatable bonds is 5. The zero-order valence-corrected chi connectivity index (χ0v) is 10.9. The van der Waals surface area contributed by atoms with E-state index in [4.69, 9.17) is 0 Å². The van der Waals surface area contributed by atoms with Crippen LogP contribution in [-0.4, -0.2) is 28.6 Å². The number of carbonyl (C=O) groups excluding carboxylic acids is 1. The molecule has 5 heteroatoms. The monoisotopic (exact) mass is 272 g/mol. The van der Waals surface area contributed by atoms with Crippen molar-refractivity contribution in [1.82, 2.24) is 10.3 Å². The highest BCUT2D eigenvalue weighted by Gasteiger charge is 2.13. The molecule has 2 rings (SSSR count). The lowest BCUT2D eigenvalue weighted by Gasteiger charge is -2.16. The van der Waals surface area contributed by atoms with Gasteiger partial charge in [0, 0.05) is 12.3 Å². The molecule has 20 heavy (non-hydrogen) atoms. The second kappa shape index (κ2) is 6.68. The molecule has 0 spiro atoms. The molecule has 1 amide bonds. The molecule has 5 nitrogen and oxygen atoms in total. The normalized spacial score (nSPS) is 11.8. The lowest BCUT2D eigenvalue weighted by Crippen LogP contribution is -2.39. The van der Waals surface area contributed by atoms with Crippen molar-refractivity contribution in [2.75, 3.05) is 6.61 Å². The summed E-state index contributed by atoms with van der Waals surface area (Å²) in [6, 6.07) is 12.0. The van der Waals surface area contributed by atoms with Gasteiger partial charge in [-0.3, -0.25) is 9.59 Å². The van der Waals surface area contributed by atoms with Gasteiger partial charge in [-0.05, 0) is 18.1 Å². The third kappa shape index (κ3) is 3.80. The van der Waals surface area contributed by atoms with Crippen LogP contribution in [0.15, 0.2) is 53.5 Å². The van der Waals surface area contributed by atoms with Crippen molar-refractivity contribution in [3.63, 3.8) is 0 Å². The lowest BCUT2D eigenvalue weighted by atomic mass is 10.1. The largest absolute Gasteiger partial charge is 0.394 e. The van der Waals surface area contributed by atoms with Crippen molar-refractivity contribution in [3.05, 3.63) is 70.1 Å². The quantitative estimate of drug-likeness (QED) is 0.749. The Labute approximate surface area is 116 Å². The van der Waals surface area contributed by atoms with E-state index in [1.54, 1.807) is 0 Å². The summed E-state index contributed by atoms with van der Waals surface area (Å²) < 4.78 is 0. The summed E-state index contributed by atoms with van der Waals surface area (Å²) in [4.78, 5) is 25.4. The van der Waals surface area contributed by atoms with E-state index in [1.165, 1.54) is 18.3 Å². The Balaban J connectivity index is 2.01. The van der Waals surface area contributed by atoms with Gasteiger partial charge in [-0.1, -0.05) is 30.3 Å². The number of aromatic nitrogens is 1. The highest BCUT2D eigenvalue weighted by atomic mass is 16.3. The van der Waals surface area contributed by atoms with Gasteiger partial charge in [0.15, 0.2) is 0 Å². The van der Waals surface area contributed by atoms with E-state index in [0.717, 1.165) is 5.56 Å². The molecule has 0 aliphatic rings. The molecule has 2 aromatic rings. The molecule has 0 radical (unpaired) electrons. The smallest absolute Gasteiger partial charge is 0.253 e. The minimum atomic E-state index is -0.364. The van der Waals surface area contributed by atoms with E-state index in [0.29, 0.717) is 12.0 Å². The fourth-order valence-electron chi connectivity index (χ4n) is 1.88. The first-order chi connectivity index (χ1) is 9.69. The van der Waals surface area contributed by atoms with Crippen LogP contribution in [0, 0.1) is 0 Å². The molecule has 1 atom stereocenters. The maximum atomic E-state index is 12.0. The number of H-pyrrole nitrogens is 1. The maximum absolute atomic E-state index is 12.0. The van der Waals surface area contributed by atoms with Gasteiger partial charge in [-0.15, -0.1) is 0 Å². The number of pyridine rings is 1. The zero-order valence-electron chi connectivity index (χ0n) is 10.9. The standard InChI is InChI=1S/C15H16N2O3/c18-10-13(8-11-4-2-1-3-5-11)17-15(20)12-6-7-14(19)16-9-12/h1-7,9,13,18H,8,10H2,(H,16,19)(H,17,20)/t13-/m1/s1. The molecular formula is C15H16N2O3. The average molecular weight is 272 g/mol. The molecule has 0 bridgehead atoms. The number of hydrogen-bond acceptors (Lipinski definition) is 3. The van der Waals surface area contributed by atoms with Crippen LogP contribution in [0.25, 0.3) is 0 Å². The maximum Gasteiger partial charge on any atom is 0.253 e. The summed E-state index contributed by atoms with van der Waals surface area (Å²) >= 11 is 0. The van der Waals surface area contributed by atoms with Gasteiger partial charge in [0.25, 0.3) is 5.91 Å². The van der Waals surface area contributed by atoms with Crippen LogP contribution in [0.5, 0.6) is 0 Å². The number of aromatic amines is 1. The topological polar surface area (TPSA) is 82.2 Å². The summed E-state index contributed by atoms with van der Waals surface area (Å²) in [5.41, 5.74) is 1.13. The highest BCUT2D eigenvalue weighted by Crippen LogP contribution is 2.04. The number of aliphatic hydroxyl groups excluding tert-OH is 1. The Morgan fingerprint density at radius 1 is 1.20 bits per heavy atom. The Bertz CT molecular complexity index is 602. The number of benzene rings is 1. The minimum absolute atomic E-state index is 0.149. The summed E-state index contributed by atoms with van der Waals surface area (Å²) in [6.45, 7) is -0.149. The molecule has 1 aromatic heterocycles. The second-order valence-electron chi connectivity index (χ2n) is 4.48. The molecule has 0 unspecified atom stereocenters. The predicted octanol–water partition coefficient (Wildman–Crippen LogP) is 0.708. The van der Waals surface area contributed by atoms with Crippen LogP contribution in [-0.2, 0) is 6.42 Å².